The van der Waals surface area contributed by atoms with Gasteiger partial charge in [0.25, 0.3) is 0 Å². The number of rotatable bonds is 4. The van der Waals surface area contributed by atoms with Crippen molar-refractivity contribution in [3.63, 3.8) is 0 Å². The Balaban J connectivity index is 1.67. The molecule has 1 heterocycles. The van der Waals surface area contributed by atoms with E-state index in [2.05, 4.69) is 6.07 Å². The molecule has 7 heteroatoms. The van der Waals surface area contributed by atoms with Crippen molar-refractivity contribution in [1.82, 2.24) is 0 Å². The van der Waals surface area contributed by atoms with Crippen LogP contribution in [0.15, 0.2) is 78.2 Å². The van der Waals surface area contributed by atoms with E-state index in [-0.39, 0.29) is 22.8 Å². The van der Waals surface area contributed by atoms with Gasteiger partial charge in [-0.3, -0.25) is 0 Å². The molecule has 0 radical (unpaired) electrons. The molecule has 0 bridgehead atoms. The lowest BCUT2D eigenvalue weighted by Crippen LogP contribution is -2.21. The fourth-order valence-corrected chi connectivity index (χ4v) is 3.39. The standard InChI is InChI=1S/C24H17FN2O4/c1-29-17-8-4-14(5-9-17)22-19-11-10-18(12-21(19)31-23(27)20(22)13-26)30-24(28)15-2-6-16(25)7-3-15/h2-12,22H,27H2,1H3/t22-/m0/s1. The van der Waals surface area contributed by atoms with E-state index >= 15 is 0 Å². The fraction of sp³-hybridized carbons (Fsp3) is 0.0833. The minimum absolute atomic E-state index is 0.0159. The van der Waals surface area contributed by atoms with Crippen LogP contribution in [0, 0.1) is 17.1 Å². The summed E-state index contributed by atoms with van der Waals surface area (Å²) >= 11 is 0. The van der Waals surface area contributed by atoms with Gasteiger partial charge in [-0.15, -0.1) is 0 Å². The van der Waals surface area contributed by atoms with Gasteiger partial charge in [-0.2, -0.15) is 5.26 Å². The second kappa shape index (κ2) is 8.20. The number of hydrogen-bond donors (Lipinski definition) is 1. The molecule has 0 amide bonds. The average molecular weight is 416 g/mol. The number of nitrogens with two attached hydrogens (primary N) is 1. The molecule has 0 spiro atoms. The molecule has 0 saturated carbocycles. The largest absolute Gasteiger partial charge is 0.497 e. The van der Waals surface area contributed by atoms with Gasteiger partial charge in [0.1, 0.15) is 34.7 Å². The molecular weight excluding hydrogens is 399 g/mol. The van der Waals surface area contributed by atoms with E-state index in [1.54, 1.807) is 31.4 Å². The summed E-state index contributed by atoms with van der Waals surface area (Å²) in [5, 5.41) is 9.65. The lowest BCUT2D eigenvalue weighted by atomic mass is 9.83. The first kappa shape index (κ1) is 20.0. The van der Waals surface area contributed by atoms with Crippen molar-refractivity contribution in [3.8, 4) is 23.3 Å². The van der Waals surface area contributed by atoms with Gasteiger partial charge in [0, 0.05) is 11.6 Å². The highest BCUT2D eigenvalue weighted by atomic mass is 19.1. The Kier molecular flexibility index (Phi) is 5.29. The van der Waals surface area contributed by atoms with E-state index in [9.17, 15) is 14.4 Å². The number of benzene rings is 3. The van der Waals surface area contributed by atoms with E-state index in [4.69, 9.17) is 19.9 Å². The first-order chi connectivity index (χ1) is 15.0. The molecule has 1 atom stereocenters. The number of hydrogen-bond acceptors (Lipinski definition) is 6. The van der Waals surface area contributed by atoms with Gasteiger partial charge in [0.05, 0.1) is 18.6 Å². The van der Waals surface area contributed by atoms with E-state index in [0.29, 0.717) is 17.1 Å². The predicted octanol–water partition coefficient (Wildman–Crippen LogP) is 4.27. The molecule has 0 fully saturated rings. The second-order valence-electron chi connectivity index (χ2n) is 6.79. The van der Waals surface area contributed by atoms with Crippen LogP contribution in [0.2, 0.25) is 0 Å². The van der Waals surface area contributed by atoms with Crippen molar-refractivity contribution in [2.24, 2.45) is 5.73 Å². The lowest BCUT2D eigenvalue weighted by molar-refractivity contribution is 0.0734. The van der Waals surface area contributed by atoms with Gasteiger partial charge >= 0.3 is 5.97 Å². The SMILES string of the molecule is COc1ccc([C@@H]2C(C#N)=C(N)Oc3cc(OC(=O)c4ccc(F)cc4)ccc32)cc1. The summed E-state index contributed by atoms with van der Waals surface area (Å²) in [5.74, 6) is -0.243. The zero-order chi connectivity index (χ0) is 22.0. The van der Waals surface area contributed by atoms with Crippen LogP contribution < -0.4 is 19.9 Å². The van der Waals surface area contributed by atoms with Crippen molar-refractivity contribution in [2.45, 2.75) is 5.92 Å². The van der Waals surface area contributed by atoms with Crippen LogP contribution in [-0.4, -0.2) is 13.1 Å². The molecule has 3 aromatic carbocycles. The maximum Gasteiger partial charge on any atom is 0.343 e. The lowest BCUT2D eigenvalue weighted by Gasteiger charge is -2.26. The van der Waals surface area contributed by atoms with Crippen LogP contribution in [0.4, 0.5) is 4.39 Å². The third kappa shape index (κ3) is 3.91. The van der Waals surface area contributed by atoms with Gasteiger partial charge in [0.2, 0.25) is 5.88 Å². The normalized spacial score (nSPS) is 14.8. The number of methoxy groups -OCH3 is 1. The maximum atomic E-state index is 13.1. The van der Waals surface area contributed by atoms with E-state index in [1.165, 1.54) is 30.3 Å². The summed E-state index contributed by atoms with van der Waals surface area (Å²) in [5.41, 5.74) is 8.05. The first-order valence-corrected chi connectivity index (χ1v) is 9.33. The molecule has 1 aliphatic heterocycles. The summed E-state index contributed by atoms with van der Waals surface area (Å²) in [7, 11) is 1.58. The topological polar surface area (TPSA) is 94.6 Å². The van der Waals surface area contributed by atoms with Gasteiger partial charge in [-0.05, 0) is 48.0 Å². The van der Waals surface area contributed by atoms with Gasteiger partial charge in [-0.25, -0.2) is 9.18 Å². The first-order valence-electron chi connectivity index (χ1n) is 9.33. The van der Waals surface area contributed by atoms with Gasteiger partial charge < -0.3 is 19.9 Å². The fourth-order valence-electron chi connectivity index (χ4n) is 3.39. The minimum atomic E-state index is -0.635. The quantitative estimate of drug-likeness (QED) is 0.504. The highest BCUT2D eigenvalue weighted by Crippen LogP contribution is 2.43. The Morgan fingerprint density at radius 1 is 1.06 bits per heavy atom. The third-order valence-corrected chi connectivity index (χ3v) is 4.93. The summed E-state index contributed by atoms with van der Waals surface area (Å²) < 4.78 is 29.3. The van der Waals surface area contributed by atoms with Crippen molar-refractivity contribution < 1.29 is 23.4 Å². The predicted molar refractivity (Wildman–Crippen MR) is 110 cm³/mol. The van der Waals surface area contributed by atoms with E-state index in [1.807, 2.05) is 12.1 Å². The molecule has 3 aromatic rings. The summed E-state index contributed by atoms with van der Waals surface area (Å²) in [4.78, 5) is 12.3. The highest BCUT2D eigenvalue weighted by Gasteiger charge is 2.31. The van der Waals surface area contributed by atoms with E-state index in [0.717, 1.165) is 5.56 Å². The number of esters is 1. The molecule has 2 N–H and O–H groups in total. The summed E-state index contributed by atoms with van der Waals surface area (Å²) in [6.45, 7) is 0. The average Bonchev–Trinajstić information content (AvgIpc) is 2.78. The number of ether oxygens (including phenoxy) is 3. The van der Waals surface area contributed by atoms with Crippen LogP contribution in [-0.2, 0) is 0 Å². The van der Waals surface area contributed by atoms with Crippen molar-refractivity contribution in [2.75, 3.05) is 7.11 Å². The monoisotopic (exact) mass is 416 g/mol. The van der Waals surface area contributed by atoms with Gasteiger partial charge in [-0.1, -0.05) is 18.2 Å². The molecule has 154 valence electrons. The van der Waals surface area contributed by atoms with Crippen LogP contribution in [0.25, 0.3) is 0 Å². The van der Waals surface area contributed by atoms with Crippen LogP contribution in [0.1, 0.15) is 27.4 Å². The van der Waals surface area contributed by atoms with Gasteiger partial charge in [0.15, 0.2) is 0 Å². The van der Waals surface area contributed by atoms with Crippen molar-refractivity contribution in [1.29, 1.82) is 5.26 Å². The molecule has 0 unspecified atom stereocenters. The Morgan fingerprint density at radius 2 is 1.74 bits per heavy atom. The molecule has 0 saturated heterocycles. The summed E-state index contributed by atoms with van der Waals surface area (Å²) in [6.07, 6.45) is 0. The number of allylic oxidation sites excluding steroid dienone is 1. The van der Waals surface area contributed by atoms with Crippen LogP contribution in [0.3, 0.4) is 0 Å². The second-order valence-corrected chi connectivity index (χ2v) is 6.79. The zero-order valence-electron chi connectivity index (χ0n) is 16.5. The molecule has 6 nitrogen and oxygen atoms in total. The number of nitriles is 1. The molecule has 1 aliphatic rings. The molecule has 4 rings (SSSR count). The number of carbonyl (C=O) groups is 1. The Labute approximate surface area is 177 Å². The Hall–Kier alpha value is -4.31. The van der Waals surface area contributed by atoms with Crippen molar-refractivity contribution in [3.05, 3.63) is 101 Å². The number of nitrogens with zero attached hydrogens (tertiary/aromatic N) is 1. The van der Waals surface area contributed by atoms with Crippen LogP contribution in [0.5, 0.6) is 17.2 Å². The third-order valence-electron chi connectivity index (χ3n) is 4.93. The molecular formula is C24H17FN2O4. The summed E-state index contributed by atoms with van der Waals surface area (Å²) in [6, 6.07) is 19.3. The number of carbonyl (C=O) groups excluding carboxylic acids is 1. The maximum absolute atomic E-state index is 13.1. The molecule has 0 aliphatic carbocycles. The Morgan fingerprint density at radius 3 is 2.39 bits per heavy atom. The number of fused-ring (bicyclic) bond motifs is 1. The smallest absolute Gasteiger partial charge is 0.343 e. The minimum Gasteiger partial charge on any atom is -0.497 e. The van der Waals surface area contributed by atoms with Crippen molar-refractivity contribution >= 4 is 5.97 Å². The van der Waals surface area contributed by atoms with Crippen LogP contribution >= 0.6 is 0 Å². The molecule has 0 aromatic heterocycles. The highest BCUT2D eigenvalue weighted by molar-refractivity contribution is 5.91. The molecule has 31 heavy (non-hydrogen) atoms. The zero-order valence-corrected chi connectivity index (χ0v) is 16.5. The number of halogens is 1. The van der Waals surface area contributed by atoms with E-state index < -0.39 is 17.7 Å². The Bertz CT molecular complexity index is 1210.